The molecule has 0 aliphatic carbocycles. The van der Waals surface area contributed by atoms with Gasteiger partial charge in [0, 0.05) is 30.3 Å². The van der Waals surface area contributed by atoms with Crippen molar-refractivity contribution in [2.24, 2.45) is 0 Å². The molecule has 214 valence electrons. The smallest absolute Gasteiger partial charge is 0.258 e. The van der Waals surface area contributed by atoms with Crippen LogP contribution in [0.3, 0.4) is 0 Å². The number of benzene rings is 2. The SMILES string of the molecule is Br.CCOc1cc2c(c(OCC)c1C(=O)NC)C(=N)N(CC(=O)c1cc(C(C)(C)C)c(O)c(C(C)(C)C)c1)C2. The van der Waals surface area contributed by atoms with E-state index in [-0.39, 0.29) is 63.2 Å². The van der Waals surface area contributed by atoms with E-state index in [0.717, 1.165) is 5.56 Å². The highest BCUT2D eigenvalue weighted by molar-refractivity contribution is 8.93. The first-order chi connectivity index (χ1) is 17.6. The van der Waals surface area contributed by atoms with Crippen molar-refractivity contribution in [1.29, 1.82) is 5.41 Å². The number of halogens is 1. The zero-order valence-corrected chi connectivity index (χ0v) is 26.2. The van der Waals surface area contributed by atoms with Crippen molar-refractivity contribution in [3.05, 3.63) is 51.6 Å². The van der Waals surface area contributed by atoms with Crippen LogP contribution in [0, 0.1) is 5.41 Å². The van der Waals surface area contributed by atoms with Gasteiger partial charge in [0.1, 0.15) is 28.6 Å². The molecule has 1 aliphatic rings. The van der Waals surface area contributed by atoms with E-state index in [1.54, 1.807) is 23.1 Å². The molecular formula is C30H42BrN3O5. The van der Waals surface area contributed by atoms with Crippen LogP contribution in [0.4, 0.5) is 0 Å². The maximum Gasteiger partial charge on any atom is 0.258 e. The second kappa shape index (κ2) is 12.0. The zero-order chi connectivity index (χ0) is 28.6. The van der Waals surface area contributed by atoms with Crippen LogP contribution in [-0.4, -0.2) is 54.3 Å². The highest BCUT2D eigenvalue weighted by Gasteiger charge is 2.35. The summed E-state index contributed by atoms with van der Waals surface area (Å²) in [5.41, 5.74) is 2.69. The van der Waals surface area contributed by atoms with E-state index in [1.165, 1.54) is 7.05 Å². The van der Waals surface area contributed by atoms with E-state index >= 15 is 0 Å². The standard InChI is InChI=1S/C30H41N3O5.BrH/c1-10-37-22-14-18-15-33(27(31)23(18)26(38-11-2)24(22)28(36)32-9)16-21(34)17-12-19(29(3,4)5)25(35)20(13-17)30(6,7)8;/h12-14,31,35H,10-11,15-16H2,1-9H3,(H,32,36);1H. The number of Topliss-reactive ketones (excluding diaryl/α,β-unsaturated/α-hetero) is 1. The molecule has 1 aliphatic heterocycles. The third kappa shape index (κ3) is 6.40. The number of ketones is 1. The third-order valence-corrected chi connectivity index (χ3v) is 6.67. The van der Waals surface area contributed by atoms with Gasteiger partial charge in [-0.05, 0) is 48.4 Å². The van der Waals surface area contributed by atoms with Gasteiger partial charge in [-0.25, -0.2) is 0 Å². The largest absolute Gasteiger partial charge is 0.507 e. The van der Waals surface area contributed by atoms with Crippen LogP contribution in [0.1, 0.15) is 98.4 Å². The Hall–Kier alpha value is -3.07. The molecule has 2 aromatic rings. The highest BCUT2D eigenvalue weighted by Crippen LogP contribution is 2.42. The first kappa shape index (κ1) is 32.1. The van der Waals surface area contributed by atoms with Gasteiger partial charge in [0.2, 0.25) is 0 Å². The number of ether oxygens (including phenoxy) is 2. The number of hydrogen-bond donors (Lipinski definition) is 3. The molecule has 0 fully saturated rings. The Morgan fingerprint density at radius 1 is 1.00 bits per heavy atom. The summed E-state index contributed by atoms with van der Waals surface area (Å²) in [6.45, 7) is 16.6. The maximum atomic E-state index is 13.6. The molecule has 3 rings (SSSR count). The van der Waals surface area contributed by atoms with E-state index in [2.05, 4.69) is 5.32 Å². The summed E-state index contributed by atoms with van der Waals surface area (Å²) in [7, 11) is 1.53. The first-order valence-corrected chi connectivity index (χ1v) is 13.1. The van der Waals surface area contributed by atoms with Crippen LogP contribution < -0.4 is 14.8 Å². The highest BCUT2D eigenvalue weighted by atomic mass is 79.9. The van der Waals surface area contributed by atoms with E-state index in [1.807, 2.05) is 55.4 Å². The van der Waals surface area contributed by atoms with Crippen LogP contribution in [0.2, 0.25) is 0 Å². The van der Waals surface area contributed by atoms with E-state index in [0.29, 0.717) is 53.5 Å². The summed E-state index contributed by atoms with van der Waals surface area (Å²) in [5, 5.41) is 22.6. The minimum atomic E-state index is -0.366. The molecule has 39 heavy (non-hydrogen) atoms. The normalized spacial score (nSPS) is 13.1. The molecule has 8 nitrogen and oxygen atoms in total. The van der Waals surface area contributed by atoms with Gasteiger partial charge in [-0.2, -0.15) is 0 Å². The number of hydrogen-bond acceptors (Lipinski definition) is 6. The molecule has 0 aromatic heterocycles. The number of amides is 1. The van der Waals surface area contributed by atoms with Gasteiger partial charge in [-0.15, -0.1) is 17.0 Å². The summed E-state index contributed by atoms with van der Waals surface area (Å²) in [6, 6.07) is 5.30. The molecule has 0 saturated heterocycles. The van der Waals surface area contributed by atoms with E-state index in [9.17, 15) is 14.7 Å². The summed E-state index contributed by atoms with van der Waals surface area (Å²) in [6.07, 6.45) is 0. The topological polar surface area (TPSA) is 112 Å². The average Bonchev–Trinajstić information content (AvgIpc) is 3.12. The Labute approximate surface area is 242 Å². The number of carbonyl (C=O) groups is 2. The van der Waals surface area contributed by atoms with Crippen molar-refractivity contribution >= 4 is 34.5 Å². The maximum absolute atomic E-state index is 13.6. The monoisotopic (exact) mass is 603 g/mol. The van der Waals surface area contributed by atoms with Gasteiger partial charge in [0.25, 0.3) is 5.91 Å². The fraction of sp³-hybridized carbons (Fsp3) is 0.500. The van der Waals surface area contributed by atoms with Gasteiger partial charge in [-0.3, -0.25) is 15.0 Å². The molecule has 0 bridgehead atoms. The molecular weight excluding hydrogens is 562 g/mol. The van der Waals surface area contributed by atoms with Gasteiger partial charge in [-0.1, -0.05) is 41.5 Å². The number of rotatable bonds is 8. The Morgan fingerprint density at radius 3 is 2.00 bits per heavy atom. The zero-order valence-electron chi connectivity index (χ0n) is 24.5. The van der Waals surface area contributed by atoms with Crippen molar-refractivity contribution in [2.45, 2.75) is 72.8 Å². The number of aromatic hydroxyl groups is 1. The molecule has 2 aromatic carbocycles. The minimum Gasteiger partial charge on any atom is -0.507 e. The fourth-order valence-electron chi connectivity index (χ4n) is 4.75. The summed E-state index contributed by atoms with van der Waals surface area (Å²) >= 11 is 0. The second-order valence-electron chi connectivity index (χ2n) is 11.6. The van der Waals surface area contributed by atoms with Crippen molar-refractivity contribution in [3.63, 3.8) is 0 Å². The quantitative estimate of drug-likeness (QED) is 0.331. The lowest BCUT2D eigenvalue weighted by Crippen LogP contribution is -2.31. The van der Waals surface area contributed by atoms with Crippen LogP contribution >= 0.6 is 17.0 Å². The number of nitrogens with one attached hydrogen (secondary N) is 2. The number of fused-ring (bicyclic) bond motifs is 1. The molecule has 0 unspecified atom stereocenters. The van der Waals surface area contributed by atoms with Crippen LogP contribution in [0.15, 0.2) is 18.2 Å². The number of nitrogens with zero attached hydrogens (tertiary/aromatic N) is 1. The summed E-state index contributed by atoms with van der Waals surface area (Å²) in [4.78, 5) is 28.1. The molecule has 3 N–H and O–H groups in total. The number of phenolic OH excluding ortho intramolecular Hbond substituents is 1. The average molecular weight is 605 g/mol. The van der Waals surface area contributed by atoms with Crippen LogP contribution in [-0.2, 0) is 17.4 Å². The Kier molecular flexibility index (Phi) is 9.88. The fourth-order valence-corrected chi connectivity index (χ4v) is 4.75. The van der Waals surface area contributed by atoms with Crippen LogP contribution in [0.5, 0.6) is 17.2 Å². The molecule has 9 heteroatoms. The van der Waals surface area contributed by atoms with E-state index < -0.39 is 0 Å². The van der Waals surface area contributed by atoms with Crippen molar-refractivity contribution < 1.29 is 24.2 Å². The molecule has 1 heterocycles. The predicted molar refractivity (Wildman–Crippen MR) is 160 cm³/mol. The lowest BCUT2D eigenvalue weighted by molar-refractivity contribution is 0.0949. The molecule has 0 atom stereocenters. The van der Waals surface area contributed by atoms with Gasteiger partial charge in [0.15, 0.2) is 5.78 Å². The second-order valence-corrected chi connectivity index (χ2v) is 11.6. The van der Waals surface area contributed by atoms with Gasteiger partial charge < -0.3 is 24.8 Å². The molecule has 0 radical (unpaired) electrons. The lowest BCUT2D eigenvalue weighted by Gasteiger charge is -2.28. The summed E-state index contributed by atoms with van der Waals surface area (Å²) in [5.74, 6) is 0.495. The third-order valence-electron chi connectivity index (χ3n) is 6.67. The Balaban J connectivity index is 0.00000533. The van der Waals surface area contributed by atoms with Gasteiger partial charge >= 0.3 is 0 Å². The molecule has 1 amide bonds. The van der Waals surface area contributed by atoms with Crippen molar-refractivity contribution in [2.75, 3.05) is 26.8 Å². The Bertz CT molecular complexity index is 1240. The van der Waals surface area contributed by atoms with E-state index in [4.69, 9.17) is 14.9 Å². The minimum absolute atomic E-state index is 0. The number of carbonyl (C=O) groups excluding carboxylic acids is 2. The van der Waals surface area contributed by atoms with Crippen LogP contribution in [0.25, 0.3) is 0 Å². The predicted octanol–water partition coefficient (Wildman–Crippen LogP) is 5.75. The molecule has 0 saturated carbocycles. The molecule has 0 spiro atoms. The summed E-state index contributed by atoms with van der Waals surface area (Å²) < 4.78 is 11.7. The Morgan fingerprint density at radius 2 is 1.54 bits per heavy atom. The van der Waals surface area contributed by atoms with Gasteiger partial charge in [0.05, 0.1) is 25.3 Å². The van der Waals surface area contributed by atoms with Crippen molar-refractivity contribution in [3.8, 4) is 17.2 Å². The lowest BCUT2D eigenvalue weighted by atomic mass is 9.78. The number of phenols is 1. The first-order valence-electron chi connectivity index (χ1n) is 13.1. The number of amidine groups is 1. The van der Waals surface area contributed by atoms with Crippen molar-refractivity contribution in [1.82, 2.24) is 10.2 Å².